The molecule has 3 N–H and O–H groups in total. The Morgan fingerprint density at radius 2 is 2.00 bits per heavy atom. The molecular formula is C14H19F3N2O2. The molecule has 1 aromatic rings. The molecule has 1 aliphatic rings. The van der Waals surface area contributed by atoms with Gasteiger partial charge >= 0.3 is 6.18 Å². The smallest absolute Gasteiger partial charge is 0.401 e. The molecule has 1 heterocycles. The van der Waals surface area contributed by atoms with Crippen molar-refractivity contribution in [3.05, 3.63) is 23.8 Å². The molecule has 21 heavy (non-hydrogen) atoms. The highest BCUT2D eigenvalue weighted by Gasteiger charge is 2.34. The van der Waals surface area contributed by atoms with E-state index in [-0.39, 0.29) is 17.4 Å². The molecule has 1 aliphatic heterocycles. The molecule has 0 spiro atoms. The van der Waals surface area contributed by atoms with Gasteiger partial charge < -0.3 is 15.5 Å². The average Bonchev–Trinajstić information content (AvgIpc) is 2.79. The number of benzene rings is 1. The van der Waals surface area contributed by atoms with Crippen LogP contribution in [0.15, 0.2) is 18.2 Å². The molecule has 0 saturated carbocycles. The molecule has 7 heteroatoms. The Hall–Kier alpha value is -1.47. The first kappa shape index (κ1) is 15.9. The van der Waals surface area contributed by atoms with E-state index in [1.165, 1.54) is 17.0 Å². The van der Waals surface area contributed by atoms with Crippen LogP contribution in [-0.2, 0) is 6.54 Å². The SMILES string of the molecule is Oc1ccc(CNCC2CCN(CC(F)(F)F)C2)cc1O. The van der Waals surface area contributed by atoms with Crippen LogP contribution in [0.4, 0.5) is 13.2 Å². The van der Waals surface area contributed by atoms with Crippen LogP contribution in [0.2, 0.25) is 0 Å². The van der Waals surface area contributed by atoms with Crippen LogP contribution in [0.3, 0.4) is 0 Å². The normalized spacial score (nSPS) is 20.0. The molecular weight excluding hydrogens is 285 g/mol. The van der Waals surface area contributed by atoms with Crippen LogP contribution in [0.1, 0.15) is 12.0 Å². The summed E-state index contributed by atoms with van der Waals surface area (Å²) in [6.07, 6.45) is -3.38. The Balaban J connectivity index is 1.71. The molecule has 0 aromatic heterocycles. The summed E-state index contributed by atoms with van der Waals surface area (Å²) in [5.74, 6) is -0.137. The third-order valence-corrected chi connectivity index (χ3v) is 3.57. The number of hydrogen-bond acceptors (Lipinski definition) is 4. The maximum atomic E-state index is 12.3. The summed E-state index contributed by atoms with van der Waals surface area (Å²) in [6, 6.07) is 4.56. The van der Waals surface area contributed by atoms with Crippen molar-refractivity contribution in [2.75, 3.05) is 26.2 Å². The van der Waals surface area contributed by atoms with Crippen LogP contribution in [0.5, 0.6) is 11.5 Å². The van der Waals surface area contributed by atoms with E-state index >= 15 is 0 Å². The minimum atomic E-state index is -4.13. The van der Waals surface area contributed by atoms with Gasteiger partial charge in [-0.3, -0.25) is 4.90 Å². The highest BCUT2D eigenvalue weighted by atomic mass is 19.4. The van der Waals surface area contributed by atoms with Gasteiger partial charge in [-0.05, 0) is 43.1 Å². The number of aromatic hydroxyl groups is 2. The van der Waals surface area contributed by atoms with E-state index in [1.807, 2.05) is 0 Å². The molecule has 4 nitrogen and oxygen atoms in total. The Kier molecular flexibility index (Phi) is 4.95. The predicted molar refractivity (Wildman–Crippen MR) is 72.1 cm³/mol. The van der Waals surface area contributed by atoms with Crippen molar-refractivity contribution in [1.29, 1.82) is 0 Å². The second-order valence-electron chi connectivity index (χ2n) is 5.46. The maximum Gasteiger partial charge on any atom is 0.401 e. The third kappa shape index (κ3) is 5.09. The number of alkyl halides is 3. The number of likely N-dealkylation sites (tertiary alicyclic amines) is 1. The van der Waals surface area contributed by atoms with Gasteiger partial charge in [-0.15, -0.1) is 0 Å². The fraction of sp³-hybridized carbons (Fsp3) is 0.571. The lowest BCUT2D eigenvalue weighted by molar-refractivity contribution is -0.143. The Labute approximate surface area is 121 Å². The number of nitrogens with one attached hydrogen (secondary N) is 1. The molecule has 1 atom stereocenters. The summed E-state index contributed by atoms with van der Waals surface area (Å²) in [6.45, 7) is 1.23. The topological polar surface area (TPSA) is 55.7 Å². The first-order valence-electron chi connectivity index (χ1n) is 6.84. The Bertz CT molecular complexity index is 480. The monoisotopic (exact) mass is 304 g/mol. The van der Waals surface area contributed by atoms with Crippen molar-refractivity contribution in [1.82, 2.24) is 10.2 Å². The molecule has 0 bridgehead atoms. The average molecular weight is 304 g/mol. The van der Waals surface area contributed by atoms with E-state index in [0.29, 0.717) is 26.2 Å². The van der Waals surface area contributed by atoms with E-state index in [2.05, 4.69) is 5.32 Å². The van der Waals surface area contributed by atoms with Gasteiger partial charge in [0.25, 0.3) is 0 Å². The zero-order valence-electron chi connectivity index (χ0n) is 11.5. The van der Waals surface area contributed by atoms with Crippen molar-refractivity contribution in [2.45, 2.75) is 19.1 Å². The molecule has 0 amide bonds. The molecule has 1 unspecified atom stereocenters. The second kappa shape index (κ2) is 6.53. The Morgan fingerprint density at radius 3 is 2.67 bits per heavy atom. The molecule has 1 saturated heterocycles. The van der Waals surface area contributed by atoms with Gasteiger partial charge in [-0.2, -0.15) is 13.2 Å². The second-order valence-corrected chi connectivity index (χ2v) is 5.46. The standard InChI is InChI=1S/C14H19F3N2O2/c15-14(16,17)9-19-4-3-11(8-19)7-18-6-10-1-2-12(20)13(21)5-10/h1-2,5,11,18,20-21H,3-4,6-9H2. The summed E-state index contributed by atoms with van der Waals surface area (Å²) in [4.78, 5) is 1.43. The highest BCUT2D eigenvalue weighted by Crippen LogP contribution is 2.25. The number of phenols is 2. The van der Waals surface area contributed by atoms with Crippen molar-refractivity contribution in [3.8, 4) is 11.5 Å². The molecule has 1 aromatic carbocycles. The van der Waals surface area contributed by atoms with E-state index in [4.69, 9.17) is 0 Å². The first-order chi connectivity index (χ1) is 9.83. The molecule has 0 radical (unpaired) electrons. The lowest BCUT2D eigenvalue weighted by atomic mass is 10.1. The van der Waals surface area contributed by atoms with Crippen molar-refractivity contribution >= 4 is 0 Å². The third-order valence-electron chi connectivity index (χ3n) is 3.57. The molecule has 2 rings (SSSR count). The summed E-state index contributed by atoms with van der Waals surface area (Å²) < 4.78 is 36.8. The highest BCUT2D eigenvalue weighted by molar-refractivity contribution is 5.40. The van der Waals surface area contributed by atoms with E-state index in [9.17, 15) is 23.4 Å². The summed E-state index contributed by atoms with van der Waals surface area (Å²) in [5.41, 5.74) is 0.815. The first-order valence-corrected chi connectivity index (χ1v) is 6.84. The van der Waals surface area contributed by atoms with Crippen LogP contribution < -0.4 is 5.32 Å². The number of hydrogen-bond donors (Lipinski definition) is 3. The van der Waals surface area contributed by atoms with Gasteiger partial charge in [-0.25, -0.2) is 0 Å². The maximum absolute atomic E-state index is 12.3. The van der Waals surface area contributed by atoms with Crippen molar-refractivity contribution in [2.24, 2.45) is 5.92 Å². The van der Waals surface area contributed by atoms with Gasteiger partial charge in [0.2, 0.25) is 0 Å². The number of nitrogens with zero attached hydrogens (tertiary/aromatic N) is 1. The molecule has 0 aliphatic carbocycles. The van der Waals surface area contributed by atoms with Crippen molar-refractivity contribution in [3.63, 3.8) is 0 Å². The van der Waals surface area contributed by atoms with Crippen LogP contribution in [-0.4, -0.2) is 47.5 Å². The quantitative estimate of drug-likeness (QED) is 0.729. The zero-order chi connectivity index (χ0) is 15.5. The van der Waals surface area contributed by atoms with Crippen LogP contribution in [0, 0.1) is 5.92 Å². The number of phenolic OH excluding ortho intramolecular Hbond substituents is 2. The van der Waals surface area contributed by atoms with Crippen LogP contribution in [0.25, 0.3) is 0 Å². The molecule has 1 fully saturated rings. The van der Waals surface area contributed by atoms with E-state index in [1.54, 1.807) is 6.07 Å². The van der Waals surface area contributed by atoms with Gasteiger partial charge in [0.1, 0.15) is 0 Å². The van der Waals surface area contributed by atoms with E-state index in [0.717, 1.165) is 12.0 Å². The van der Waals surface area contributed by atoms with Gasteiger partial charge in [0.15, 0.2) is 11.5 Å². The van der Waals surface area contributed by atoms with Crippen LogP contribution >= 0.6 is 0 Å². The predicted octanol–water partition coefficient (Wildman–Crippen LogP) is 2.07. The fourth-order valence-electron chi connectivity index (χ4n) is 2.58. The zero-order valence-corrected chi connectivity index (χ0v) is 11.5. The van der Waals surface area contributed by atoms with Gasteiger partial charge in [0, 0.05) is 13.1 Å². The largest absolute Gasteiger partial charge is 0.504 e. The molecule has 118 valence electrons. The summed E-state index contributed by atoms with van der Waals surface area (Å²) in [5, 5.41) is 21.7. The number of rotatable bonds is 5. The minimum absolute atomic E-state index is 0.169. The fourth-order valence-corrected chi connectivity index (χ4v) is 2.58. The minimum Gasteiger partial charge on any atom is -0.504 e. The number of halogens is 3. The van der Waals surface area contributed by atoms with E-state index < -0.39 is 12.7 Å². The summed E-state index contributed by atoms with van der Waals surface area (Å²) >= 11 is 0. The summed E-state index contributed by atoms with van der Waals surface area (Å²) in [7, 11) is 0. The van der Waals surface area contributed by atoms with Gasteiger partial charge in [0.05, 0.1) is 6.54 Å². The lowest BCUT2D eigenvalue weighted by Gasteiger charge is -2.18. The lowest BCUT2D eigenvalue weighted by Crippen LogP contribution is -2.33. The Morgan fingerprint density at radius 1 is 1.24 bits per heavy atom. The van der Waals surface area contributed by atoms with Gasteiger partial charge in [-0.1, -0.05) is 6.07 Å². The van der Waals surface area contributed by atoms with Crippen molar-refractivity contribution < 1.29 is 23.4 Å².